The second-order valence-electron chi connectivity index (χ2n) is 4.71. The van der Waals surface area contributed by atoms with Gasteiger partial charge in [0.05, 0.1) is 7.11 Å². The SMILES string of the molecule is COc1c(C)cc(NCC(C)CCN)cc1C. The maximum absolute atomic E-state index is 5.54. The number of benzene rings is 1. The van der Waals surface area contributed by atoms with Crippen LogP contribution in [0.25, 0.3) is 0 Å². The van der Waals surface area contributed by atoms with Gasteiger partial charge in [0, 0.05) is 12.2 Å². The Morgan fingerprint density at radius 3 is 2.35 bits per heavy atom. The van der Waals surface area contributed by atoms with E-state index in [4.69, 9.17) is 10.5 Å². The summed E-state index contributed by atoms with van der Waals surface area (Å²) in [6.07, 6.45) is 1.06. The summed E-state index contributed by atoms with van der Waals surface area (Å²) in [7, 11) is 1.71. The van der Waals surface area contributed by atoms with Crippen molar-refractivity contribution in [2.45, 2.75) is 27.2 Å². The van der Waals surface area contributed by atoms with E-state index in [1.807, 2.05) is 0 Å². The van der Waals surface area contributed by atoms with E-state index in [0.29, 0.717) is 5.92 Å². The summed E-state index contributed by atoms with van der Waals surface area (Å²) in [6, 6.07) is 4.25. The second kappa shape index (κ2) is 6.50. The zero-order valence-corrected chi connectivity index (χ0v) is 11.3. The maximum Gasteiger partial charge on any atom is 0.124 e. The summed E-state index contributed by atoms with van der Waals surface area (Å²) >= 11 is 0. The molecule has 0 aliphatic rings. The fourth-order valence-electron chi connectivity index (χ4n) is 2.05. The van der Waals surface area contributed by atoms with E-state index in [0.717, 1.165) is 30.9 Å². The lowest BCUT2D eigenvalue weighted by molar-refractivity contribution is 0.408. The van der Waals surface area contributed by atoms with Crippen molar-refractivity contribution in [2.75, 3.05) is 25.5 Å². The highest BCUT2D eigenvalue weighted by molar-refractivity contribution is 5.55. The first kappa shape index (κ1) is 13.8. The van der Waals surface area contributed by atoms with Crippen LogP contribution in [-0.4, -0.2) is 20.2 Å². The van der Waals surface area contributed by atoms with Crippen molar-refractivity contribution in [1.82, 2.24) is 0 Å². The molecule has 3 heteroatoms. The molecule has 96 valence electrons. The molecule has 1 aromatic carbocycles. The lowest BCUT2D eigenvalue weighted by Gasteiger charge is -2.15. The van der Waals surface area contributed by atoms with Crippen molar-refractivity contribution in [3.8, 4) is 5.75 Å². The third-order valence-corrected chi connectivity index (χ3v) is 2.98. The van der Waals surface area contributed by atoms with E-state index in [-0.39, 0.29) is 0 Å². The van der Waals surface area contributed by atoms with Crippen molar-refractivity contribution in [2.24, 2.45) is 11.7 Å². The average Bonchev–Trinajstić information content (AvgIpc) is 2.26. The van der Waals surface area contributed by atoms with Crippen LogP contribution < -0.4 is 15.8 Å². The largest absolute Gasteiger partial charge is 0.496 e. The van der Waals surface area contributed by atoms with Crippen LogP contribution in [-0.2, 0) is 0 Å². The summed E-state index contributed by atoms with van der Waals surface area (Å²) in [4.78, 5) is 0. The highest BCUT2D eigenvalue weighted by Crippen LogP contribution is 2.26. The zero-order valence-electron chi connectivity index (χ0n) is 11.3. The number of ether oxygens (including phenoxy) is 1. The molecular weight excluding hydrogens is 212 g/mol. The van der Waals surface area contributed by atoms with Crippen LogP contribution in [0.1, 0.15) is 24.5 Å². The molecule has 0 heterocycles. The Morgan fingerprint density at radius 1 is 1.29 bits per heavy atom. The highest BCUT2D eigenvalue weighted by atomic mass is 16.5. The van der Waals surface area contributed by atoms with Crippen LogP contribution in [0.15, 0.2) is 12.1 Å². The van der Waals surface area contributed by atoms with E-state index in [1.54, 1.807) is 7.11 Å². The molecule has 0 spiro atoms. The van der Waals surface area contributed by atoms with Crippen molar-refractivity contribution < 1.29 is 4.74 Å². The van der Waals surface area contributed by atoms with Gasteiger partial charge in [-0.2, -0.15) is 0 Å². The van der Waals surface area contributed by atoms with E-state index in [9.17, 15) is 0 Å². The molecule has 0 aromatic heterocycles. The smallest absolute Gasteiger partial charge is 0.124 e. The number of nitrogens with one attached hydrogen (secondary N) is 1. The Morgan fingerprint density at radius 2 is 1.88 bits per heavy atom. The van der Waals surface area contributed by atoms with Crippen LogP contribution >= 0.6 is 0 Å². The minimum absolute atomic E-state index is 0.600. The number of rotatable bonds is 6. The molecule has 1 aromatic rings. The minimum Gasteiger partial charge on any atom is -0.496 e. The monoisotopic (exact) mass is 236 g/mol. The van der Waals surface area contributed by atoms with Crippen LogP contribution in [0.4, 0.5) is 5.69 Å². The van der Waals surface area contributed by atoms with Crippen molar-refractivity contribution >= 4 is 5.69 Å². The van der Waals surface area contributed by atoms with Crippen LogP contribution in [0.5, 0.6) is 5.75 Å². The third kappa shape index (κ3) is 3.93. The van der Waals surface area contributed by atoms with Crippen LogP contribution in [0, 0.1) is 19.8 Å². The van der Waals surface area contributed by atoms with Crippen molar-refractivity contribution in [3.63, 3.8) is 0 Å². The first-order valence-corrected chi connectivity index (χ1v) is 6.17. The molecule has 0 aliphatic heterocycles. The van der Waals surface area contributed by atoms with Gasteiger partial charge < -0.3 is 15.8 Å². The van der Waals surface area contributed by atoms with Gasteiger partial charge >= 0.3 is 0 Å². The second-order valence-corrected chi connectivity index (χ2v) is 4.71. The lowest BCUT2D eigenvalue weighted by atomic mass is 10.1. The quantitative estimate of drug-likeness (QED) is 0.798. The summed E-state index contributed by atoms with van der Waals surface area (Å²) in [5.41, 5.74) is 9.03. The van der Waals surface area contributed by atoms with E-state index in [2.05, 4.69) is 38.2 Å². The summed E-state index contributed by atoms with van der Waals surface area (Å²) in [5.74, 6) is 1.58. The van der Waals surface area contributed by atoms with Gasteiger partial charge in [-0.25, -0.2) is 0 Å². The van der Waals surface area contributed by atoms with Crippen molar-refractivity contribution in [1.29, 1.82) is 0 Å². The average molecular weight is 236 g/mol. The van der Waals surface area contributed by atoms with E-state index in [1.165, 1.54) is 11.1 Å². The summed E-state index contributed by atoms with van der Waals surface area (Å²) in [6.45, 7) is 8.07. The van der Waals surface area contributed by atoms with Crippen molar-refractivity contribution in [3.05, 3.63) is 23.3 Å². The minimum atomic E-state index is 0.600. The number of aryl methyl sites for hydroxylation is 2. The van der Waals surface area contributed by atoms with Crippen LogP contribution in [0.2, 0.25) is 0 Å². The molecule has 1 atom stereocenters. The molecule has 0 saturated carbocycles. The molecule has 0 fully saturated rings. The molecular formula is C14H24N2O. The molecule has 0 radical (unpaired) electrons. The topological polar surface area (TPSA) is 47.3 Å². The Bertz CT molecular complexity index is 340. The van der Waals surface area contributed by atoms with Gasteiger partial charge in [-0.3, -0.25) is 0 Å². The molecule has 0 bridgehead atoms. The highest BCUT2D eigenvalue weighted by Gasteiger charge is 2.06. The first-order valence-electron chi connectivity index (χ1n) is 6.17. The van der Waals surface area contributed by atoms with Gasteiger partial charge in [-0.15, -0.1) is 0 Å². The normalized spacial score (nSPS) is 12.3. The number of nitrogens with two attached hydrogens (primary N) is 1. The number of methoxy groups -OCH3 is 1. The summed E-state index contributed by atoms with van der Waals surface area (Å²) in [5, 5.41) is 3.45. The van der Waals surface area contributed by atoms with Gasteiger partial charge in [0.15, 0.2) is 0 Å². The fourth-order valence-corrected chi connectivity index (χ4v) is 2.05. The maximum atomic E-state index is 5.54. The van der Waals surface area contributed by atoms with Gasteiger partial charge in [0.25, 0.3) is 0 Å². The van der Waals surface area contributed by atoms with Gasteiger partial charge in [0.2, 0.25) is 0 Å². The molecule has 17 heavy (non-hydrogen) atoms. The lowest BCUT2D eigenvalue weighted by Crippen LogP contribution is -2.15. The molecule has 3 nitrogen and oxygen atoms in total. The Labute approximate surface area is 104 Å². The molecule has 0 amide bonds. The summed E-state index contributed by atoms with van der Waals surface area (Å²) < 4.78 is 5.35. The molecule has 1 unspecified atom stereocenters. The number of anilines is 1. The predicted molar refractivity (Wildman–Crippen MR) is 73.8 cm³/mol. The third-order valence-electron chi connectivity index (χ3n) is 2.98. The predicted octanol–water partition coefficient (Wildman–Crippen LogP) is 2.71. The Balaban J connectivity index is 2.67. The molecule has 1 rings (SSSR count). The number of hydrogen-bond acceptors (Lipinski definition) is 3. The Hall–Kier alpha value is -1.22. The van der Waals surface area contributed by atoms with Gasteiger partial charge in [-0.1, -0.05) is 6.92 Å². The molecule has 0 saturated heterocycles. The zero-order chi connectivity index (χ0) is 12.8. The van der Waals surface area contributed by atoms with Gasteiger partial charge in [0.1, 0.15) is 5.75 Å². The van der Waals surface area contributed by atoms with Crippen LogP contribution in [0.3, 0.4) is 0 Å². The molecule has 0 aliphatic carbocycles. The molecule has 3 N–H and O–H groups in total. The fraction of sp³-hybridized carbons (Fsp3) is 0.571. The van der Waals surface area contributed by atoms with Gasteiger partial charge in [-0.05, 0) is 56.0 Å². The first-order chi connectivity index (χ1) is 8.08. The standard InChI is InChI=1S/C14H24N2O/c1-10(5-6-15)9-16-13-7-11(2)14(17-4)12(3)8-13/h7-8,10,16H,5-6,9,15H2,1-4H3. The number of hydrogen-bond donors (Lipinski definition) is 2. The van der Waals surface area contributed by atoms with E-state index < -0.39 is 0 Å². The van der Waals surface area contributed by atoms with E-state index >= 15 is 0 Å². The Kier molecular flexibility index (Phi) is 5.29.